The van der Waals surface area contributed by atoms with Crippen LogP contribution in [0.25, 0.3) is 0 Å². The Labute approximate surface area is 108 Å². The number of hydrogen-bond donors (Lipinski definition) is 2. The van der Waals surface area contributed by atoms with E-state index in [2.05, 4.69) is 5.32 Å². The third-order valence-electron chi connectivity index (χ3n) is 2.60. The smallest absolute Gasteiger partial charge is 0.327 e. The van der Waals surface area contributed by atoms with Gasteiger partial charge in [0.1, 0.15) is 17.9 Å². The highest BCUT2D eigenvalue weighted by molar-refractivity contribution is 5.78. The maximum atomic E-state index is 11.3. The summed E-state index contributed by atoms with van der Waals surface area (Å²) >= 11 is 0. The topological polar surface area (TPSA) is 58.6 Å². The second kappa shape index (κ2) is 5.87. The van der Waals surface area contributed by atoms with Crippen LogP contribution in [0, 0.1) is 6.92 Å². The van der Waals surface area contributed by atoms with Crippen molar-refractivity contribution >= 4 is 5.97 Å². The minimum Gasteiger partial charge on any atom is -0.491 e. The zero-order chi connectivity index (χ0) is 13.8. The van der Waals surface area contributed by atoms with Crippen molar-refractivity contribution in [1.29, 1.82) is 0 Å². The summed E-state index contributed by atoms with van der Waals surface area (Å²) in [6, 6.07) is 7.64. The monoisotopic (exact) mass is 251 g/mol. The zero-order valence-corrected chi connectivity index (χ0v) is 11.4. The van der Waals surface area contributed by atoms with E-state index < -0.39 is 11.5 Å². The Morgan fingerprint density at radius 1 is 1.50 bits per heavy atom. The SMILES string of the molecule is Cc1cccc(OCC(C)(NC(C)C)C(=O)O)c1. The van der Waals surface area contributed by atoms with Crippen LogP contribution in [0.2, 0.25) is 0 Å². The molecule has 0 saturated heterocycles. The highest BCUT2D eigenvalue weighted by Gasteiger charge is 2.34. The molecule has 4 nitrogen and oxygen atoms in total. The Hall–Kier alpha value is -1.55. The molecule has 0 bridgehead atoms. The highest BCUT2D eigenvalue weighted by atomic mass is 16.5. The minimum atomic E-state index is -1.09. The number of carboxylic acid groups (broad SMARTS) is 1. The highest BCUT2D eigenvalue weighted by Crippen LogP contribution is 2.15. The van der Waals surface area contributed by atoms with Gasteiger partial charge in [0, 0.05) is 6.04 Å². The molecular weight excluding hydrogens is 230 g/mol. The summed E-state index contributed by atoms with van der Waals surface area (Å²) in [5, 5.41) is 12.3. The Bertz CT molecular complexity index is 417. The number of hydrogen-bond acceptors (Lipinski definition) is 3. The van der Waals surface area contributed by atoms with E-state index in [1.807, 2.05) is 45.0 Å². The van der Waals surface area contributed by atoms with Gasteiger partial charge in [0.2, 0.25) is 0 Å². The third kappa shape index (κ3) is 4.04. The summed E-state index contributed by atoms with van der Waals surface area (Å²) in [5.74, 6) is -0.225. The van der Waals surface area contributed by atoms with Crippen LogP contribution in [0.1, 0.15) is 26.3 Å². The standard InChI is InChI=1S/C14H21NO3/c1-10(2)15-14(4,13(16)17)9-18-12-7-5-6-11(3)8-12/h5-8,10,15H,9H2,1-4H3,(H,16,17). The predicted molar refractivity (Wildman–Crippen MR) is 71.0 cm³/mol. The Morgan fingerprint density at radius 2 is 2.17 bits per heavy atom. The first-order valence-corrected chi connectivity index (χ1v) is 6.04. The molecule has 0 aromatic heterocycles. The predicted octanol–water partition coefficient (Wildman–Crippen LogP) is 2.22. The molecular formula is C14H21NO3. The normalized spacial score (nSPS) is 14.3. The van der Waals surface area contributed by atoms with Crippen molar-refractivity contribution in [3.05, 3.63) is 29.8 Å². The van der Waals surface area contributed by atoms with E-state index in [9.17, 15) is 9.90 Å². The van der Waals surface area contributed by atoms with E-state index in [0.29, 0.717) is 5.75 Å². The molecule has 0 radical (unpaired) electrons. The van der Waals surface area contributed by atoms with Crippen molar-refractivity contribution in [2.24, 2.45) is 0 Å². The van der Waals surface area contributed by atoms with Gasteiger partial charge >= 0.3 is 5.97 Å². The molecule has 0 heterocycles. The molecule has 0 spiro atoms. The first-order chi connectivity index (χ1) is 8.33. The largest absolute Gasteiger partial charge is 0.491 e. The molecule has 0 amide bonds. The average molecular weight is 251 g/mol. The van der Waals surface area contributed by atoms with Gasteiger partial charge in [-0.3, -0.25) is 10.1 Å². The third-order valence-corrected chi connectivity index (χ3v) is 2.60. The molecule has 1 rings (SSSR count). The summed E-state index contributed by atoms with van der Waals surface area (Å²) in [5.41, 5.74) is -0.000824. The summed E-state index contributed by atoms with van der Waals surface area (Å²) in [4.78, 5) is 11.3. The van der Waals surface area contributed by atoms with Crippen molar-refractivity contribution in [3.63, 3.8) is 0 Å². The summed E-state index contributed by atoms with van der Waals surface area (Å²) in [7, 11) is 0. The van der Waals surface area contributed by atoms with Crippen LogP contribution >= 0.6 is 0 Å². The Morgan fingerprint density at radius 3 is 2.67 bits per heavy atom. The number of ether oxygens (including phenoxy) is 1. The van der Waals surface area contributed by atoms with Crippen LogP contribution in [-0.2, 0) is 4.79 Å². The second-order valence-electron chi connectivity index (χ2n) is 5.04. The van der Waals surface area contributed by atoms with Gasteiger partial charge in [0.15, 0.2) is 0 Å². The number of nitrogens with one attached hydrogen (secondary N) is 1. The summed E-state index contributed by atoms with van der Waals surface area (Å²) < 4.78 is 5.57. The van der Waals surface area contributed by atoms with Crippen LogP contribution in [0.5, 0.6) is 5.75 Å². The Balaban J connectivity index is 2.71. The maximum Gasteiger partial charge on any atom is 0.327 e. The van der Waals surface area contributed by atoms with Crippen molar-refractivity contribution < 1.29 is 14.6 Å². The van der Waals surface area contributed by atoms with Gasteiger partial charge in [-0.15, -0.1) is 0 Å². The van der Waals surface area contributed by atoms with Gasteiger partial charge < -0.3 is 9.84 Å². The number of aryl methyl sites for hydroxylation is 1. The molecule has 0 aliphatic rings. The number of aliphatic carboxylic acids is 1. The summed E-state index contributed by atoms with van der Waals surface area (Å²) in [6.07, 6.45) is 0. The molecule has 0 aliphatic heterocycles. The fraction of sp³-hybridized carbons (Fsp3) is 0.500. The first kappa shape index (κ1) is 14.5. The summed E-state index contributed by atoms with van der Waals surface area (Å²) in [6.45, 7) is 7.51. The minimum absolute atomic E-state index is 0.0761. The van der Waals surface area contributed by atoms with Gasteiger partial charge in [-0.25, -0.2) is 0 Å². The average Bonchev–Trinajstić information content (AvgIpc) is 2.25. The molecule has 0 fully saturated rings. The molecule has 2 N–H and O–H groups in total. The lowest BCUT2D eigenvalue weighted by atomic mass is 10.0. The van der Waals surface area contributed by atoms with Crippen LogP contribution in [-0.4, -0.2) is 29.3 Å². The molecule has 1 aromatic rings. The molecule has 1 aromatic carbocycles. The van der Waals surface area contributed by atoms with E-state index in [0.717, 1.165) is 5.56 Å². The maximum absolute atomic E-state index is 11.3. The number of rotatable bonds is 6. The molecule has 18 heavy (non-hydrogen) atoms. The van der Waals surface area contributed by atoms with E-state index in [4.69, 9.17) is 4.74 Å². The van der Waals surface area contributed by atoms with E-state index in [-0.39, 0.29) is 12.6 Å². The molecule has 0 saturated carbocycles. The van der Waals surface area contributed by atoms with Crippen molar-refractivity contribution in [3.8, 4) is 5.75 Å². The zero-order valence-electron chi connectivity index (χ0n) is 11.4. The Kier molecular flexibility index (Phi) is 4.73. The van der Waals surface area contributed by atoms with Gasteiger partial charge in [0.25, 0.3) is 0 Å². The van der Waals surface area contributed by atoms with Crippen molar-refractivity contribution in [2.75, 3.05) is 6.61 Å². The lowest BCUT2D eigenvalue weighted by Gasteiger charge is -2.28. The van der Waals surface area contributed by atoms with Crippen LogP contribution in [0.4, 0.5) is 0 Å². The quantitative estimate of drug-likeness (QED) is 0.814. The molecule has 100 valence electrons. The number of carbonyl (C=O) groups is 1. The van der Waals surface area contributed by atoms with Crippen molar-refractivity contribution in [1.82, 2.24) is 5.32 Å². The molecule has 1 unspecified atom stereocenters. The van der Waals surface area contributed by atoms with E-state index >= 15 is 0 Å². The number of carboxylic acids is 1. The lowest BCUT2D eigenvalue weighted by molar-refractivity contribution is -0.145. The van der Waals surface area contributed by atoms with E-state index in [1.165, 1.54) is 0 Å². The van der Waals surface area contributed by atoms with Gasteiger partial charge in [-0.05, 0) is 45.4 Å². The second-order valence-corrected chi connectivity index (χ2v) is 5.04. The molecule has 0 aliphatic carbocycles. The van der Waals surface area contributed by atoms with E-state index in [1.54, 1.807) is 6.92 Å². The van der Waals surface area contributed by atoms with Crippen LogP contribution < -0.4 is 10.1 Å². The fourth-order valence-electron chi connectivity index (χ4n) is 1.74. The first-order valence-electron chi connectivity index (χ1n) is 6.04. The lowest BCUT2D eigenvalue weighted by Crippen LogP contribution is -2.56. The molecule has 4 heteroatoms. The van der Waals surface area contributed by atoms with Gasteiger partial charge in [-0.1, -0.05) is 12.1 Å². The van der Waals surface area contributed by atoms with Crippen LogP contribution in [0.15, 0.2) is 24.3 Å². The van der Waals surface area contributed by atoms with Gasteiger partial charge in [-0.2, -0.15) is 0 Å². The fourth-order valence-corrected chi connectivity index (χ4v) is 1.74. The number of benzene rings is 1. The van der Waals surface area contributed by atoms with Gasteiger partial charge in [0.05, 0.1) is 0 Å². The van der Waals surface area contributed by atoms with Crippen LogP contribution in [0.3, 0.4) is 0 Å². The van der Waals surface area contributed by atoms with Crippen molar-refractivity contribution in [2.45, 2.75) is 39.3 Å². The molecule has 1 atom stereocenters.